The first-order valence-corrected chi connectivity index (χ1v) is 7.40. The molecule has 0 bridgehead atoms. The first kappa shape index (κ1) is 13.9. The zero-order valence-electron chi connectivity index (χ0n) is 9.73. The fourth-order valence-corrected chi connectivity index (χ4v) is 3.44. The van der Waals surface area contributed by atoms with Gasteiger partial charge >= 0.3 is 0 Å². The van der Waals surface area contributed by atoms with Gasteiger partial charge in [0.05, 0.1) is 5.02 Å². The number of pyridine rings is 1. The van der Waals surface area contributed by atoms with Gasteiger partial charge in [-0.25, -0.2) is 4.98 Å². The molecule has 1 aromatic heterocycles. The number of nitrogens with two attached hydrogens (primary N) is 1. The van der Waals surface area contributed by atoms with E-state index in [4.69, 9.17) is 17.3 Å². The van der Waals surface area contributed by atoms with Crippen LogP contribution in [0.25, 0.3) is 0 Å². The van der Waals surface area contributed by atoms with Gasteiger partial charge in [-0.15, -0.1) is 0 Å². The van der Waals surface area contributed by atoms with E-state index in [1.165, 1.54) is 11.8 Å². The molecule has 2 rings (SSSR count). The van der Waals surface area contributed by atoms with Gasteiger partial charge < -0.3 is 5.73 Å². The lowest BCUT2D eigenvalue weighted by molar-refractivity contribution is 0.811. The van der Waals surface area contributed by atoms with Crippen LogP contribution < -0.4 is 5.73 Å². The molecule has 94 valence electrons. The molecule has 0 aliphatic rings. The molecule has 0 radical (unpaired) electrons. The third-order valence-electron chi connectivity index (χ3n) is 2.40. The van der Waals surface area contributed by atoms with Crippen LogP contribution in [0.3, 0.4) is 0 Å². The van der Waals surface area contributed by atoms with Crippen molar-refractivity contribution in [1.82, 2.24) is 4.98 Å². The third-order valence-corrected chi connectivity index (χ3v) is 4.51. The molecule has 2 N–H and O–H groups in total. The Balaban J connectivity index is 2.26. The Bertz CT molecular complexity index is 560. The first-order chi connectivity index (χ1) is 8.58. The molecule has 0 saturated carbocycles. The van der Waals surface area contributed by atoms with Gasteiger partial charge in [-0.2, -0.15) is 0 Å². The largest absolute Gasteiger partial charge is 0.324 e. The molecule has 0 saturated heterocycles. The smallest absolute Gasteiger partial charge is 0.119 e. The van der Waals surface area contributed by atoms with E-state index in [2.05, 4.69) is 20.9 Å². The van der Waals surface area contributed by atoms with Crippen molar-refractivity contribution >= 4 is 39.3 Å². The molecule has 0 amide bonds. The van der Waals surface area contributed by atoms with Gasteiger partial charge in [0.25, 0.3) is 0 Å². The lowest BCUT2D eigenvalue weighted by Crippen LogP contribution is -2.05. The van der Waals surface area contributed by atoms with Crippen molar-refractivity contribution < 1.29 is 0 Å². The van der Waals surface area contributed by atoms with Crippen molar-refractivity contribution in [2.24, 2.45) is 5.73 Å². The van der Waals surface area contributed by atoms with Gasteiger partial charge in [0.2, 0.25) is 0 Å². The standard InChI is InChI=1S/C13H12BrClN2S/c1-8(16)10-5-4-9(7-11(10)14)18-13-12(15)3-2-6-17-13/h2-8H,16H2,1H3/t8-/m0/s1. The molecule has 1 atom stereocenters. The summed E-state index contributed by atoms with van der Waals surface area (Å²) in [6, 6.07) is 9.75. The summed E-state index contributed by atoms with van der Waals surface area (Å²) in [5, 5.41) is 1.47. The van der Waals surface area contributed by atoms with Crippen LogP contribution in [0.5, 0.6) is 0 Å². The Morgan fingerprint density at radius 1 is 1.39 bits per heavy atom. The number of nitrogens with zero attached hydrogens (tertiary/aromatic N) is 1. The number of hydrogen-bond acceptors (Lipinski definition) is 3. The van der Waals surface area contributed by atoms with E-state index in [0.717, 1.165) is 20.0 Å². The summed E-state index contributed by atoms with van der Waals surface area (Å²) >= 11 is 11.1. The quantitative estimate of drug-likeness (QED) is 0.880. The molecular weight excluding hydrogens is 332 g/mol. The van der Waals surface area contributed by atoms with Crippen molar-refractivity contribution in [1.29, 1.82) is 0 Å². The molecule has 2 nitrogen and oxygen atoms in total. The SMILES string of the molecule is C[C@H](N)c1ccc(Sc2ncccc2Cl)cc1Br. The highest BCUT2D eigenvalue weighted by Crippen LogP contribution is 2.34. The molecule has 2 aromatic rings. The zero-order valence-corrected chi connectivity index (χ0v) is 12.9. The fraction of sp³-hybridized carbons (Fsp3) is 0.154. The van der Waals surface area contributed by atoms with E-state index in [1.807, 2.05) is 37.3 Å². The zero-order chi connectivity index (χ0) is 13.1. The van der Waals surface area contributed by atoms with Gasteiger partial charge in [-0.3, -0.25) is 0 Å². The molecular formula is C13H12BrClN2S. The molecule has 0 spiro atoms. The molecule has 0 fully saturated rings. The van der Waals surface area contributed by atoms with E-state index >= 15 is 0 Å². The summed E-state index contributed by atoms with van der Waals surface area (Å²) < 4.78 is 1.01. The average Bonchev–Trinajstić information content (AvgIpc) is 2.32. The summed E-state index contributed by atoms with van der Waals surface area (Å²) in [4.78, 5) is 5.33. The van der Waals surface area contributed by atoms with Gasteiger partial charge in [-0.05, 0) is 36.8 Å². The number of benzene rings is 1. The fourth-order valence-electron chi connectivity index (χ4n) is 1.50. The normalized spacial score (nSPS) is 12.4. The van der Waals surface area contributed by atoms with Crippen LogP contribution in [0.15, 0.2) is 50.9 Å². The van der Waals surface area contributed by atoms with Crippen LogP contribution in [0.2, 0.25) is 5.02 Å². The Labute approximate surface area is 124 Å². The minimum absolute atomic E-state index is 0.0110. The van der Waals surface area contributed by atoms with Gasteiger partial charge in [-0.1, -0.05) is 45.4 Å². The lowest BCUT2D eigenvalue weighted by Gasteiger charge is -2.10. The van der Waals surface area contributed by atoms with Gasteiger partial charge in [0, 0.05) is 21.6 Å². The number of halogens is 2. The predicted molar refractivity (Wildman–Crippen MR) is 80.1 cm³/mol. The second-order valence-corrected chi connectivity index (χ2v) is 6.19. The van der Waals surface area contributed by atoms with Crippen LogP contribution in [-0.2, 0) is 0 Å². The van der Waals surface area contributed by atoms with E-state index in [0.29, 0.717) is 5.02 Å². The average molecular weight is 344 g/mol. The Morgan fingerprint density at radius 2 is 2.17 bits per heavy atom. The maximum Gasteiger partial charge on any atom is 0.119 e. The van der Waals surface area contributed by atoms with Crippen molar-refractivity contribution in [3.8, 4) is 0 Å². The highest BCUT2D eigenvalue weighted by Gasteiger charge is 2.08. The van der Waals surface area contributed by atoms with Crippen molar-refractivity contribution in [3.05, 3.63) is 51.6 Å². The first-order valence-electron chi connectivity index (χ1n) is 5.41. The van der Waals surface area contributed by atoms with Crippen LogP contribution in [0.1, 0.15) is 18.5 Å². The topological polar surface area (TPSA) is 38.9 Å². The second-order valence-electron chi connectivity index (χ2n) is 3.86. The molecule has 0 unspecified atom stereocenters. The summed E-state index contributed by atoms with van der Waals surface area (Å²) in [6.07, 6.45) is 1.74. The summed E-state index contributed by atoms with van der Waals surface area (Å²) in [6.45, 7) is 1.96. The van der Waals surface area contributed by atoms with Gasteiger partial charge in [0.1, 0.15) is 5.03 Å². The molecule has 1 heterocycles. The monoisotopic (exact) mass is 342 g/mol. The molecule has 0 aliphatic heterocycles. The van der Waals surface area contributed by atoms with Crippen molar-refractivity contribution in [2.45, 2.75) is 22.9 Å². The van der Waals surface area contributed by atoms with Crippen molar-refractivity contribution in [2.75, 3.05) is 0 Å². The maximum atomic E-state index is 6.08. The van der Waals surface area contributed by atoms with Crippen LogP contribution in [0.4, 0.5) is 0 Å². The molecule has 0 aliphatic carbocycles. The minimum Gasteiger partial charge on any atom is -0.324 e. The second kappa shape index (κ2) is 6.06. The Hall–Kier alpha value is -0.550. The summed E-state index contributed by atoms with van der Waals surface area (Å²) in [5.41, 5.74) is 6.96. The van der Waals surface area contributed by atoms with Crippen molar-refractivity contribution in [3.63, 3.8) is 0 Å². The summed E-state index contributed by atoms with van der Waals surface area (Å²) in [7, 11) is 0. The van der Waals surface area contributed by atoms with E-state index in [9.17, 15) is 0 Å². The van der Waals surface area contributed by atoms with E-state index in [-0.39, 0.29) is 6.04 Å². The summed E-state index contributed by atoms with van der Waals surface area (Å²) in [5.74, 6) is 0. The van der Waals surface area contributed by atoms with E-state index in [1.54, 1.807) is 6.20 Å². The Morgan fingerprint density at radius 3 is 2.78 bits per heavy atom. The maximum absolute atomic E-state index is 6.08. The highest BCUT2D eigenvalue weighted by atomic mass is 79.9. The number of rotatable bonds is 3. The van der Waals surface area contributed by atoms with E-state index < -0.39 is 0 Å². The van der Waals surface area contributed by atoms with Crippen LogP contribution in [0, 0.1) is 0 Å². The lowest BCUT2D eigenvalue weighted by atomic mass is 10.1. The van der Waals surface area contributed by atoms with Crippen LogP contribution >= 0.6 is 39.3 Å². The minimum atomic E-state index is 0.0110. The molecule has 5 heteroatoms. The predicted octanol–water partition coefficient (Wildman–Crippen LogP) is 4.67. The van der Waals surface area contributed by atoms with Gasteiger partial charge in [0.15, 0.2) is 0 Å². The Kier molecular flexibility index (Phi) is 4.67. The molecule has 18 heavy (non-hydrogen) atoms. The number of hydrogen-bond donors (Lipinski definition) is 1. The van der Waals surface area contributed by atoms with Crippen LogP contribution in [-0.4, -0.2) is 4.98 Å². The highest BCUT2D eigenvalue weighted by molar-refractivity contribution is 9.10. The number of aromatic nitrogens is 1. The molecule has 1 aromatic carbocycles. The third kappa shape index (κ3) is 3.26.